The molecule has 0 fully saturated rings. The molecule has 0 saturated heterocycles. The van der Waals surface area contributed by atoms with Crippen LogP contribution < -0.4 is 10.0 Å². The van der Waals surface area contributed by atoms with Gasteiger partial charge in [-0.15, -0.1) is 0 Å². The minimum absolute atomic E-state index is 0.0521. The van der Waals surface area contributed by atoms with E-state index in [-0.39, 0.29) is 10.8 Å². The predicted molar refractivity (Wildman–Crippen MR) is 105 cm³/mol. The third-order valence-corrected chi connectivity index (χ3v) is 5.64. The Morgan fingerprint density at radius 1 is 1.00 bits per heavy atom. The molecule has 0 atom stereocenters. The molecule has 2 aromatic rings. The van der Waals surface area contributed by atoms with E-state index in [0.29, 0.717) is 19.4 Å². The van der Waals surface area contributed by atoms with E-state index in [2.05, 4.69) is 10.0 Å². The number of carbonyl (C=O) groups is 1. The van der Waals surface area contributed by atoms with Crippen LogP contribution in [0.15, 0.2) is 47.4 Å². The quantitative estimate of drug-likeness (QED) is 0.742. The average Bonchev–Trinajstić information content (AvgIpc) is 2.62. The van der Waals surface area contributed by atoms with E-state index in [1.54, 1.807) is 24.3 Å². The molecule has 0 aliphatic heterocycles. The smallest absolute Gasteiger partial charge is 0.240 e. The number of amides is 1. The van der Waals surface area contributed by atoms with Crippen molar-refractivity contribution in [3.8, 4) is 0 Å². The molecule has 140 valence electrons. The van der Waals surface area contributed by atoms with Gasteiger partial charge in [0.05, 0.1) is 4.90 Å². The highest BCUT2D eigenvalue weighted by Crippen LogP contribution is 2.20. The van der Waals surface area contributed by atoms with E-state index in [4.69, 9.17) is 0 Å². The van der Waals surface area contributed by atoms with Crippen molar-refractivity contribution >= 4 is 21.6 Å². The maximum Gasteiger partial charge on any atom is 0.240 e. The number of aryl methyl sites for hydroxylation is 3. The fraction of sp³-hybridized carbons (Fsp3) is 0.350. The molecule has 0 radical (unpaired) electrons. The second-order valence-electron chi connectivity index (χ2n) is 6.36. The van der Waals surface area contributed by atoms with Crippen LogP contribution in [-0.2, 0) is 21.2 Å². The van der Waals surface area contributed by atoms with Crippen molar-refractivity contribution < 1.29 is 13.2 Å². The average molecular weight is 375 g/mol. The summed E-state index contributed by atoms with van der Waals surface area (Å²) in [6.45, 7) is 6.26. The van der Waals surface area contributed by atoms with Gasteiger partial charge in [-0.25, -0.2) is 13.1 Å². The summed E-state index contributed by atoms with van der Waals surface area (Å²) >= 11 is 0. The van der Waals surface area contributed by atoms with Gasteiger partial charge in [0.15, 0.2) is 0 Å². The predicted octanol–water partition coefficient (Wildman–Crippen LogP) is 3.56. The van der Waals surface area contributed by atoms with Gasteiger partial charge >= 0.3 is 0 Å². The van der Waals surface area contributed by atoms with Crippen LogP contribution in [0.3, 0.4) is 0 Å². The van der Waals surface area contributed by atoms with Crippen molar-refractivity contribution in [3.05, 3.63) is 59.2 Å². The largest absolute Gasteiger partial charge is 0.326 e. The molecule has 1 amide bonds. The van der Waals surface area contributed by atoms with Gasteiger partial charge in [-0.05, 0) is 55.5 Å². The number of rotatable bonds is 8. The summed E-state index contributed by atoms with van der Waals surface area (Å²) in [5.41, 5.74) is 3.86. The maximum atomic E-state index is 12.2. The number of benzene rings is 2. The molecular weight excluding hydrogens is 348 g/mol. The molecule has 6 heteroatoms. The lowest BCUT2D eigenvalue weighted by Crippen LogP contribution is -2.24. The lowest BCUT2D eigenvalue weighted by molar-refractivity contribution is -0.116. The second-order valence-corrected chi connectivity index (χ2v) is 8.12. The zero-order chi connectivity index (χ0) is 19.2. The first-order valence-corrected chi connectivity index (χ1v) is 10.3. The Labute approximate surface area is 155 Å². The van der Waals surface area contributed by atoms with E-state index in [1.165, 1.54) is 0 Å². The second kappa shape index (κ2) is 8.96. The number of sulfonamides is 1. The van der Waals surface area contributed by atoms with Crippen LogP contribution >= 0.6 is 0 Å². The number of para-hydroxylation sites is 1. The van der Waals surface area contributed by atoms with Crippen LogP contribution in [0.25, 0.3) is 0 Å². The lowest BCUT2D eigenvalue weighted by atomic mass is 10.1. The van der Waals surface area contributed by atoms with Crippen LogP contribution in [-0.4, -0.2) is 20.9 Å². The summed E-state index contributed by atoms with van der Waals surface area (Å²) in [6.07, 6.45) is 1.64. The third-order valence-electron chi connectivity index (χ3n) is 4.16. The minimum Gasteiger partial charge on any atom is -0.326 e. The minimum atomic E-state index is -3.45. The van der Waals surface area contributed by atoms with Crippen LogP contribution in [0.1, 0.15) is 36.5 Å². The molecule has 2 rings (SSSR count). The summed E-state index contributed by atoms with van der Waals surface area (Å²) in [7, 11) is -3.45. The van der Waals surface area contributed by atoms with E-state index in [9.17, 15) is 13.2 Å². The number of carbonyl (C=O) groups excluding carboxylic acids is 1. The number of anilines is 1. The lowest BCUT2D eigenvalue weighted by Gasteiger charge is -2.11. The standard InChI is InChI=1S/C20H26N2O3S/c1-4-14-21-26(24,25)18-11-8-17(9-12-18)10-13-19(23)22-20-15(2)6-5-7-16(20)3/h5-9,11-12,21H,4,10,13-14H2,1-3H3,(H,22,23). The number of nitrogens with one attached hydrogen (secondary N) is 2. The van der Waals surface area contributed by atoms with Crippen molar-refractivity contribution in [1.82, 2.24) is 4.72 Å². The Morgan fingerprint density at radius 3 is 2.19 bits per heavy atom. The first-order valence-electron chi connectivity index (χ1n) is 8.78. The monoisotopic (exact) mass is 374 g/mol. The molecule has 0 aliphatic rings. The van der Waals surface area contributed by atoms with Gasteiger partial charge < -0.3 is 5.32 Å². The topological polar surface area (TPSA) is 75.3 Å². The highest BCUT2D eigenvalue weighted by molar-refractivity contribution is 7.89. The third kappa shape index (κ3) is 5.41. The Bertz CT molecular complexity index is 839. The first kappa shape index (κ1) is 20.1. The fourth-order valence-corrected chi connectivity index (χ4v) is 3.76. The van der Waals surface area contributed by atoms with Crippen molar-refractivity contribution in [2.45, 2.75) is 44.9 Å². The molecular formula is C20H26N2O3S. The Hall–Kier alpha value is -2.18. The van der Waals surface area contributed by atoms with E-state index < -0.39 is 10.0 Å². The van der Waals surface area contributed by atoms with Gasteiger partial charge in [0.25, 0.3) is 0 Å². The molecule has 0 saturated carbocycles. The SMILES string of the molecule is CCCNS(=O)(=O)c1ccc(CCC(=O)Nc2c(C)cccc2C)cc1. The number of hydrogen-bond acceptors (Lipinski definition) is 3. The summed E-state index contributed by atoms with van der Waals surface area (Å²) < 4.78 is 26.7. The van der Waals surface area contributed by atoms with Gasteiger partial charge in [-0.1, -0.05) is 37.3 Å². The molecule has 26 heavy (non-hydrogen) atoms. The molecule has 0 heterocycles. The van der Waals surface area contributed by atoms with E-state index in [1.807, 2.05) is 39.0 Å². The summed E-state index contributed by atoms with van der Waals surface area (Å²) in [5, 5.41) is 2.96. The summed E-state index contributed by atoms with van der Waals surface area (Å²) in [5.74, 6) is -0.0521. The highest BCUT2D eigenvalue weighted by Gasteiger charge is 2.13. The van der Waals surface area contributed by atoms with Gasteiger partial charge in [0.1, 0.15) is 0 Å². The van der Waals surface area contributed by atoms with Crippen molar-refractivity contribution in [2.75, 3.05) is 11.9 Å². The van der Waals surface area contributed by atoms with Crippen LogP contribution in [0.4, 0.5) is 5.69 Å². The number of hydrogen-bond donors (Lipinski definition) is 2. The molecule has 0 unspecified atom stereocenters. The molecule has 5 nitrogen and oxygen atoms in total. The van der Waals surface area contributed by atoms with Gasteiger partial charge in [0, 0.05) is 18.7 Å². The van der Waals surface area contributed by atoms with E-state index >= 15 is 0 Å². The van der Waals surface area contributed by atoms with E-state index in [0.717, 1.165) is 28.8 Å². The maximum absolute atomic E-state index is 12.2. The Morgan fingerprint density at radius 2 is 1.62 bits per heavy atom. The van der Waals surface area contributed by atoms with Crippen LogP contribution in [0.2, 0.25) is 0 Å². The fourth-order valence-electron chi connectivity index (χ4n) is 2.63. The normalized spacial score (nSPS) is 11.3. The molecule has 0 spiro atoms. The van der Waals surface area contributed by atoms with Gasteiger partial charge in [-0.2, -0.15) is 0 Å². The molecule has 0 aliphatic carbocycles. The van der Waals surface area contributed by atoms with Crippen LogP contribution in [0, 0.1) is 13.8 Å². The summed E-state index contributed by atoms with van der Waals surface area (Å²) in [6, 6.07) is 12.6. The Kier molecular flexibility index (Phi) is 6.94. The van der Waals surface area contributed by atoms with Crippen molar-refractivity contribution in [1.29, 1.82) is 0 Å². The zero-order valence-electron chi connectivity index (χ0n) is 15.5. The van der Waals surface area contributed by atoms with Crippen molar-refractivity contribution in [3.63, 3.8) is 0 Å². The van der Waals surface area contributed by atoms with Gasteiger partial charge in [-0.3, -0.25) is 4.79 Å². The molecule has 2 N–H and O–H groups in total. The highest BCUT2D eigenvalue weighted by atomic mass is 32.2. The first-order chi connectivity index (χ1) is 12.3. The Balaban J connectivity index is 1.94. The van der Waals surface area contributed by atoms with Gasteiger partial charge in [0.2, 0.25) is 15.9 Å². The molecule has 0 bridgehead atoms. The van der Waals surface area contributed by atoms with Crippen molar-refractivity contribution in [2.24, 2.45) is 0 Å². The molecule has 2 aromatic carbocycles. The summed E-state index contributed by atoms with van der Waals surface area (Å²) in [4.78, 5) is 12.5. The zero-order valence-corrected chi connectivity index (χ0v) is 16.3. The van der Waals surface area contributed by atoms with Crippen LogP contribution in [0.5, 0.6) is 0 Å². The molecule has 0 aromatic heterocycles.